The molecule has 2 amide bonds. The predicted octanol–water partition coefficient (Wildman–Crippen LogP) is 5.48. The first-order valence-electron chi connectivity index (χ1n) is 10.9. The van der Waals surface area contributed by atoms with Crippen LogP contribution in [-0.4, -0.2) is 29.5 Å². The van der Waals surface area contributed by atoms with Crippen molar-refractivity contribution >= 4 is 57.3 Å². The number of thioether (sulfide) groups is 2. The fraction of sp³-hybridized carbons (Fsp3) is 0.240. The van der Waals surface area contributed by atoms with E-state index in [2.05, 4.69) is 34.2 Å². The Morgan fingerprint density at radius 3 is 2.67 bits per heavy atom. The summed E-state index contributed by atoms with van der Waals surface area (Å²) >= 11 is 3.28. The number of fused-ring (bicyclic) bond motifs is 1. The topological polar surface area (TPSA) is 82.6 Å². The number of carbonyl (C=O) groups excluding carboxylic acids is 2. The summed E-state index contributed by atoms with van der Waals surface area (Å²) in [5, 5.41) is 10.6. The summed E-state index contributed by atoms with van der Waals surface area (Å²) in [5.74, 6) is 0.653. The van der Waals surface area contributed by atoms with Crippen LogP contribution in [-0.2, 0) is 9.59 Å². The SMILES string of the molecule is CCCC1=NNC(=O)/C1=C1/C=C(Sc2ccc(NC(=O)CCSC)cc2)c2ccccc2N1. The third-order valence-electron chi connectivity index (χ3n) is 5.20. The van der Waals surface area contributed by atoms with Crippen LogP contribution >= 0.6 is 23.5 Å². The van der Waals surface area contributed by atoms with E-state index in [1.54, 1.807) is 23.5 Å². The minimum absolute atomic E-state index is 0.0235. The van der Waals surface area contributed by atoms with Crippen molar-refractivity contribution in [3.05, 3.63) is 71.4 Å². The number of hydrazone groups is 1. The van der Waals surface area contributed by atoms with E-state index in [9.17, 15) is 9.59 Å². The molecule has 33 heavy (non-hydrogen) atoms. The van der Waals surface area contributed by atoms with Gasteiger partial charge in [0, 0.05) is 38.9 Å². The van der Waals surface area contributed by atoms with Gasteiger partial charge in [-0.15, -0.1) is 0 Å². The number of carbonyl (C=O) groups is 2. The molecule has 0 unspecified atom stereocenters. The van der Waals surface area contributed by atoms with E-state index >= 15 is 0 Å². The second-order valence-corrected chi connectivity index (χ2v) is 9.74. The van der Waals surface area contributed by atoms with Crippen molar-refractivity contribution in [1.82, 2.24) is 5.43 Å². The average Bonchev–Trinajstić information content (AvgIpc) is 3.19. The molecule has 0 aliphatic carbocycles. The van der Waals surface area contributed by atoms with Crippen LogP contribution in [0.2, 0.25) is 0 Å². The van der Waals surface area contributed by atoms with E-state index in [-0.39, 0.29) is 11.8 Å². The molecule has 2 aliphatic rings. The van der Waals surface area contributed by atoms with Gasteiger partial charge >= 0.3 is 0 Å². The van der Waals surface area contributed by atoms with Gasteiger partial charge < -0.3 is 10.6 Å². The molecule has 3 N–H and O–H groups in total. The molecule has 4 rings (SSSR count). The van der Waals surface area contributed by atoms with E-state index in [0.29, 0.717) is 12.0 Å². The maximum absolute atomic E-state index is 12.5. The Morgan fingerprint density at radius 1 is 1.12 bits per heavy atom. The quantitative estimate of drug-likeness (QED) is 0.438. The average molecular weight is 479 g/mol. The van der Waals surface area contributed by atoms with E-state index in [1.807, 2.05) is 54.8 Å². The van der Waals surface area contributed by atoms with Gasteiger partial charge in [-0.2, -0.15) is 16.9 Å². The van der Waals surface area contributed by atoms with E-state index in [1.165, 1.54) is 0 Å². The van der Waals surface area contributed by atoms with Gasteiger partial charge in [0.1, 0.15) is 0 Å². The van der Waals surface area contributed by atoms with Crippen LogP contribution in [0.3, 0.4) is 0 Å². The first-order chi connectivity index (χ1) is 16.1. The minimum atomic E-state index is -0.178. The highest BCUT2D eigenvalue weighted by molar-refractivity contribution is 8.08. The Balaban J connectivity index is 1.60. The maximum Gasteiger partial charge on any atom is 0.275 e. The van der Waals surface area contributed by atoms with Gasteiger partial charge in [0.2, 0.25) is 5.91 Å². The second kappa shape index (κ2) is 10.8. The zero-order valence-electron chi connectivity index (χ0n) is 18.6. The number of nitrogens with zero attached hydrogens (tertiary/aromatic N) is 1. The lowest BCUT2D eigenvalue weighted by molar-refractivity contribution is -0.117. The molecule has 0 saturated heterocycles. The van der Waals surface area contributed by atoms with E-state index in [4.69, 9.17) is 0 Å². The van der Waals surface area contributed by atoms with Crippen molar-refractivity contribution in [2.45, 2.75) is 31.1 Å². The van der Waals surface area contributed by atoms with Crippen molar-refractivity contribution in [2.24, 2.45) is 5.10 Å². The third-order valence-corrected chi connectivity index (χ3v) is 6.88. The molecule has 2 aromatic rings. The molecular formula is C25H26N4O2S2. The van der Waals surface area contributed by atoms with Crippen LogP contribution in [0.25, 0.3) is 4.91 Å². The summed E-state index contributed by atoms with van der Waals surface area (Å²) in [6.07, 6.45) is 6.16. The van der Waals surface area contributed by atoms with Gasteiger partial charge in [-0.25, -0.2) is 5.43 Å². The van der Waals surface area contributed by atoms with Gasteiger partial charge in [-0.3, -0.25) is 9.59 Å². The lowest BCUT2D eigenvalue weighted by Gasteiger charge is -2.22. The number of hydrogen-bond donors (Lipinski definition) is 3. The maximum atomic E-state index is 12.5. The number of nitrogens with one attached hydrogen (secondary N) is 3. The summed E-state index contributed by atoms with van der Waals surface area (Å²) in [6.45, 7) is 2.07. The minimum Gasteiger partial charge on any atom is -0.354 e. The highest BCUT2D eigenvalue weighted by Gasteiger charge is 2.28. The van der Waals surface area contributed by atoms with Crippen LogP contribution in [0.1, 0.15) is 31.7 Å². The number of rotatable bonds is 8. The lowest BCUT2D eigenvalue weighted by Crippen LogP contribution is -2.19. The fourth-order valence-electron chi connectivity index (χ4n) is 3.62. The van der Waals surface area contributed by atoms with Crippen LogP contribution in [0.5, 0.6) is 0 Å². The standard InChI is InChI=1S/C25H26N4O2S2/c1-3-6-20-24(25(31)29-28-20)21-15-22(18-7-4-5-8-19(18)27-21)33-17-11-9-16(10-12-17)26-23(30)13-14-32-2/h4-5,7-12,15,27H,3,6,13-14H2,1-2H3,(H,26,30)(H,29,31)/b24-21-. The summed E-state index contributed by atoms with van der Waals surface area (Å²) in [5.41, 5.74) is 7.57. The number of anilines is 2. The molecule has 0 aromatic heterocycles. The summed E-state index contributed by atoms with van der Waals surface area (Å²) in [6, 6.07) is 15.9. The molecule has 8 heteroatoms. The highest BCUT2D eigenvalue weighted by Crippen LogP contribution is 2.42. The zero-order valence-corrected chi connectivity index (χ0v) is 20.2. The Morgan fingerprint density at radius 2 is 1.91 bits per heavy atom. The van der Waals surface area contributed by atoms with Crippen molar-refractivity contribution in [2.75, 3.05) is 22.6 Å². The Bertz CT molecular complexity index is 1150. The van der Waals surface area contributed by atoms with Crippen molar-refractivity contribution in [1.29, 1.82) is 0 Å². The van der Waals surface area contributed by atoms with E-state index in [0.717, 1.165) is 56.7 Å². The predicted molar refractivity (Wildman–Crippen MR) is 139 cm³/mol. The molecule has 0 spiro atoms. The molecule has 0 bridgehead atoms. The molecular weight excluding hydrogens is 452 g/mol. The van der Waals surface area contributed by atoms with Gasteiger partial charge in [0.15, 0.2) is 0 Å². The molecule has 2 heterocycles. The molecule has 2 aromatic carbocycles. The number of hydrogen-bond acceptors (Lipinski definition) is 6. The Kier molecular flexibility index (Phi) is 7.57. The molecule has 0 atom stereocenters. The molecule has 6 nitrogen and oxygen atoms in total. The van der Waals surface area contributed by atoms with Gasteiger partial charge in [-0.1, -0.05) is 43.3 Å². The molecule has 0 saturated carbocycles. The Labute approximate surface area is 202 Å². The van der Waals surface area contributed by atoms with E-state index < -0.39 is 0 Å². The molecule has 0 radical (unpaired) electrons. The molecule has 2 aliphatic heterocycles. The van der Waals surface area contributed by atoms with Gasteiger partial charge in [0.25, 0.3) is 5.91 Å². The summed E-state index contributed by atoms with van der Waals surface area (Å²) in [7, 11) is 0. The molecule has 170 valence electrons. The highest BCUT2D eigenvalue weighted by atomic mass is 32.2. The lowest BCUT2D eigenvalue weighted by atomic mass is 10.0. The Hall–Kier alpha value is -2.97. The second-order valence-electron chi connectivity index (χ2n) is 7.63. The largest absolute Gasteiger partial charge is 0.354 e. The van der Waals surface area contributed by atoms with Crippen molar-refractivity contribution in [3.8, 4) is 0 Å². The van der Waals surface area contributed by atoms with Crippen molar-refractivity contribution < 1.29 is 9.59 Å². The van der Waals surface area contributed by atoms with Crippen LogP contribution in [0, 0.1) is 0 Å². The number of para-hydroxylation sites is 1. The summed E-state index contributed by atoms with van der Waals surface area (Å²) in [4.78, 5) is 26.6. The number of amides is 2. The monoisotopic (exact) mass is 478 g/mol. The smallest absolute Gasteiger partial charge is 0.275 e. The van der Waals surface area contributed by atoms with Crippen molar-refractivity contribution in [3.63, 3.8) is 0 Å². The van der Waals surface area contributed by atoms with Gasteiger partial charge in [0.05, 0.1) is 17.0 Å². The van der Waals surface area contributed by atoms with Crippen LogP contribution in [0.15, 0.2) is 75.9 Å². The zero-order chi connectivity index (χ0) is 23.2. The normalized spacial score (nSPS) is 17.0. The first-order valence-corrected chi connectivity index (χ1v) is 13.1. The number of benzene rings is 2. The number of allylic oxidation sites excluding steroid dienone is 1. The molecule has 0 fully saturated rings. The third kappa shape index (κ3) is 5.51. The van der Waals surface area contributed by atoms with Gasteiger partial charge in [-0.05, 0) is 49.1 Å². The van der Waals surface area contributed by atoms with Crippen LogP contribution < -0.4 is 16.1 Å². The van der Waals surface area contributed by atoms with Crippen LogP contribution in [0.4, 0.5) is 11.4 Å². The summed E-state index contributed by atoms with van der Waals surface area (Å²) < 4.78 is 0. The fourth-order valence-corrected chi connectivity index (χ4v) is 5.00. The first kappa shape index (κ1) is 23.2.